The van der Waals surface area contributed by atoms with E-state index in [1.807, 2.05) is 0 Å². The lowest BCUT2D eigenvalue weighted by Gasteiger charge is -2.14. The molecule has 0 aliphatic rings. The number of aliphatic hydroxyl groups is 1. The zero-order chi connectivity index (χ0) is 14.7. The Labute approximate surface area is 125 Å². The van der Waals surface area contributed by atoms with Crippen LogP contribution in [0.15, 0.2) is 36.4 Å². The lowest BCUT2D eigenvalue weighted by atomic mass is 10.1. The molecule has 0 heterocycles. The second kappa shape index (κ2) is 6.29. The molecule has 106 valence electrons. The Bertz CT molecular complexity index is 606. The smallest absolute Gasteiger partial charge is 0.125 e. The van der Waals surface area contributed by atoms with Crippen molar-refractivity contribution in [3.8, 4) is 5.75 Å². The van der Waals surface area contributed by atoms with Crippen LogP contribution in [0.25, 0.3) is 0 Å². The summed E-state index contributed by atoms with van der Waals surface area (Å²) in [7, 11) is 0. The Balaban J connectivity index is 2.16. The molecular formula is C17H19ClO2. The molecule has 0 aliphatic carbocycles. The molecule has 2 nitrogen and oxygen atoms in total. The molecule has 0 saturated heterocycles. The molecule has 0 aliphatic heterocycles. The van der Waals surface area contributed by atoms with Gasteiger partial charge in [-0.2, -0.15) is 0 Å². The van der Waals surface area contributed by atoms with E-state index in [0.29, 0.717) is 22.9 Å². The number of aryl methyl sites for hydroxylation is 2. The lowest BCUT2D eigenvalue weighted by molar-refractivity contribution is 0.190. The fraction of sp³-hybridized carbons (Fsp3) is 0.294. The average molecular weight is 291 g/mol. The minimum absolute atomic E-state index is 0.475. The van der Waals surface area contributed by atoms with E-state index in [2.05, 4.69) is 32.0 Å². The van der Waals surface area contributed by atoms with Gasteiger partial charge in [-0.15, -0.1) is 0 Å². The first kappa shape index (κ1) is 14.9. The standard InChI is InChI=1S/C17H19ClO2/c1-11-4-5-14(8-12(11)2)10-20-17-7-6-15(18)9-16(17)13(3)19/h4-9,13,19H,10H2,1-3H3/t13-/m0/s1. The summed E-state index contributed by atoms with van der Waals surface area (Å²) in [5.74, 6) is 0.669. The molecule has 0 unspecified atom stereocenters. The highest BCUT2D eigenvalue weighted by molar-refractivity contribution is 6.30. The van der Waals surface area contributed by atoms with Crippen molar-refractivity contribution in [1.29, 1.82) is 0 Å². The quantitative estimate of drug-likeness (QED) is 0.892. The van der Waals surface area contributed by atoms with Crippen molar-refractivity contribution in [2.45, 2.75) is 33.5 Å². The van der Waals surface area contributed by atoms with Crippen LogP contribution in [-0.4, -0.2) is 5.11 Å². The summed E-state index contributed by atoms with van der Waals surface area (Å²) in [6.45, 7) is 6.35. The van der Waals surface area contributed by atoms with Crippen LogP contribution >= 0.6 is 11.6 Å². The molecule has 0 bridgehead atoms. The largest absolute Gasteiger partial charge is 0.489 e. The van der Waals surface area contributed by atoms with Gasteiger partial charge in [0, 0.05) is 10.6 Å². The molecule has 0 spiro atoms. The van der Waals surface area contributed by atoms with E-state index in [4.69, 9.17) is 16.3 Å². The van der Waals surface area contributed by atoms with Crippen LogP contribution in [0, 0.1) is 13.8 Å². The van der Waals surface area contributed by atoms with Crippen LogP contribution in [0.5, 0.6) is 5.75 Å². The van der Waals surface area contributed by atoms with Gasteiger partial charge in [0.1, 0.15) is 12.4 Å². The molecule has 3 heteroatoms. The molecule has 2 rings (SSSR count). The molecule has 0 aromatic heterocycles. The minimum Gasteiger partial charge on any atom is -0.489 e. The second-order valence-corrected chi connectivity index (χ2v) is 5.50. The molecule has 1 N–H and O–H groups in total. The second-order valence-electron chi connectivity index (χ2n) is 5.07. The van der Waals surface area contributed by atoms with Crippen molar-refractivity contribution in [2.75, 3.05) is 0 Å². The van der Waals surface area contributed by atoms with Crippen molar-refractivity contribution < 1.29 is 9.84 Å². The Kier molecular flexibility index (Phi) is 4.69. The molecule has 0 fully saturated rings. The van der Waals surface area contributed by atoms with E-state index in [-0.39, 0.29) is 0 Å². The summed E-state index contributed by atoms with van der Waals surface area (Å²) < 4.78 is 5.82. The number of aliphatic hydroxyl groups excluding tert-OH is 1. The predicted octanol–water partition coefficient (Wildman–Crippen LogP) is 4.59. The van der Waals surface area contributed by atoms with Gasteiger partial charge >= 0.3 is 0 Å². The zero-order valence-electron chi connectivity index (χ0n) is 12.0. The number of hydrogen-bond acceptors (Lipinski definition) is 2. The minimum atomic E-state index is -0.608. The molecule has 0 amide bonds. The first-order valence-corrected chi connectivity index (χ1v) is 7.01. The molecule has 1 atom stereocenters. The SMILES string of the molecule is Cc1ccc(COc2ccc(Cl)cc2[C@H](C)O)cc1C. The molecule has 2 aromatic rings. The summed E-state index contributed by atoms with van der Waals surface area (Å²) in [6.07, 6.45) is -0.608. The van der Waals surface area contributed by atoms with Crippen LogP contribution in [0.2, 0.25) is 5.02 Å². The van der Waals surface area contributed by atoms with Gasteiger partial charge in [-0.1, -0.05) is 29.8 Å². The Morgan fingerprint density at radius 1 is 1.10 bits per heavy atom. The van der Waals surface area contributed by atoms with Gasteiger partial charge in [-0.3, -0.25) is 0 Å². The normalized spacial score (nSPS) is 12.2. The zero-order valence-corrected chi connectivity index (χ0v) is 12.7. The number of ether oxygens (including phenoxy) is 1. The first-order valence-electron chi connectivity index (χ1n) is 6.64. The van der Waals surface area contributed by atoms with E-state index in [9.17, 15) is 5.11 Å². The van der Waals surface area contributed by atoms with E-state index in [0.717, 1.165) is 5.56 Å². The van der Waals surface area contributed by atoms with Gasteiger partial charge in [-0.05, 0) is 55.7 Å². The third-order valence-electron chi connectivity index (χ3n) is 3.39. The van der Waals surface area contributed by atoms with Crippen LogP contribution in [0.3, 0.4) is 0 Å². The molecule has 20 heavy (non-hydrogen) atoms. The summed E-state index contributed by atoms with van der Waals surface area (Å²) in [6, 6.07) is 11.6. The summed E-state index contributed by atoms with van der Waals surface area (Å²) in [4.78, 5) is 0. The summed E-state index contributed by atoms with van der Waals surface area (Å²) in [5, 5.41) is 10.4. The lowest BCUT2D eigenvalue weighted by Crippen LogP contribution is -2.01. The number of rotatable bonds is 4. The maximum Gasteiger partial charge on any atom is 0.125 e. The maximum atomic E-state index is 9.77. The molecular weight excluding hydrogens is 272 g/mol. The molecule has 2 aromatic carbocycles. The Morgan fingerprint density at radius 3 is 2.50 bits per heavy atom. The van der Waals surface area contributed by atoms with Gasteiger partial charge in [0.2, 0.25) is 0 Å². The average Bonchev–Trinajstić information content (AvgIpc) is 2.41. The third-order valence-corrected chi connectivity index (χ3v) is 3.62. The maximum absolute atomic E-state index is 9.77. The summed E-state index contributed by atoms with van der Waals surface area (Å²) in [5.41, 5.74) is 4.34. The number of benzene rings is 2. The van der Waals surface area contributed by atoms with Gasteiger partial charge in [0.05, 0.1) is 6.10 Å². The van der Waals surface area contributed by atoms with Gasteiger partial charge in [0.25, 0.3) is 0 Å². The van der Waals surface area contributed by atoms with Gasteiger partial charge in [0.15, 0.2) is 0 Å². The van der Waals surface area contributed by atoms with E-state index >= 15 is 0 Å². The predicted molar refractivity (Wildman–Crippen MR) is 82.3 cm³/mol. The highest BCUT2D eigenvalue weighted by Gasteiger charge is 2.10. The van der Waals surface area contributed by atoms with Crippen molar-refractivity contribution in [3.63, 3.8) is 0 Å². The van der Waals surface area contributed by atoms with Crippen LogP contribution < -0.4 is 4.74 Å². The van der Waals surface area contributed by atoms with Crippen LogP contribution in [0.4, 0.5) is 0 Å². The highest BCUT2D eigenvalue weighted by atomic mass is 35.5. The van der Waals surface area contributed by atoms with Crippen LogP contribution in [0.1, 0.15) is 35.3 Å². The number of halogens is 1. The highest BCUT2D eigenvalue weighted by Crippen LogP contribution is 2.29. The van der Waals surface area contributed by atoms with E-state index in [1.165, 1.54) is 11.1 Å². The monoisotopic (exact) mass is 290 g/mol. The van der Waals surface area contributed by atoms with Gasteiger partial charge in [-0.25, -0.2) is 0 Å². The van der Waals surface area contributed by atoms with Crippen LogP contribution in [-0.2, 0) is 6.61 Å². The molecule has 0 saturated carbocycles. The van der Waals surface area contributed by atoms with Crippen molar-refractivity contribution in [2.24, 2.45) is 0 Å². The fourth-order valence-electron chi connectivity index (χ4n) is 2.03. The Hall–Kier alpha value is -1.51. The summed E-state index contributed by atoms with van der Waals surface area (Å²) >= 11 is 5.95. The first-order chi connectivity index (χ1) is 9.47. The van der Waals surface area contributed by atoms with Crippen molar-refractivity contribution in [1.82, 2.24) is 0 Å². The molecule has 0 radical (unpaired) electrons. The third kappa shape index (κ3) is 3.53. The fourth-order valence-corrected chi connectivity index (χ4v) is 2.21. The van der Waals surface area contributed by atoms with Gasteiger partial charge < -0.3 is 9.84 Å². The van der Waals surface area contributed by atoms with E-state index in [1.54, 1.807) is 25.1 Å². The van der Waals surface area contributed by atoms with Crippen molar-refractivity contribution in [3.05, 3.63) is 63.7 Å². The topological polar surface area (TPSA) is 29.5 Å². The van der Waals surface area contributed by atoms with Crippen molar-refractivity contribution >= 4 is 11.6 Å². The Morgan fingerprint density at radius 2 is 1.85 bits per heavy atom. The number of hydrogen-bond donors (Lipinski definition) is 1. The van der Waals surface area contributed by atoms with E-state index < -0.39 is 6.10 Å².